The highest BCUT2D eigenvalue weighted by Crippen LogP contribution is 2.22. The Morgan fingerprint density at radius 3 is 2.41 bits per heavy atom. The SMILES string of the molecule is NCCc1cc(F)cc(N2CCCCCC2)c1. The van der Waals surface area contributed by atoms with Crippen LogP contribution in [0.3, 0.4) is 0 Å². The second-order valence-corrected chi connectivity index (χ2v) is 4.76. The lowest BCUT2D eigenvalue weighted by molar-refractivity contribution is 0.623. The third-order valence-corrected chi connectivity index (χ3v) is 3.35. The molecule has 1 aliphatic rings. The van der Waals surface area contributed by atoms with Crippen LogP contribution in [0.4, 0.5) is 10.1 Å². The molecule has 0 bridgehead atoms. The molecule has 0 amide bonds. The van der Waals surface area contributed by atoms with Gasteiger partial charge in [-0.3, -0.25) is 0 Å². The summed E-state index contributed by atoms with van der Waals surface area (Å²) in [6.45, 7) is 2.67. The van der Waals surface area contributed by atoms with E-state index in [9.17, 15) is 4.39 Å². The van der Waals surface area contributed by atoms with E-state index in [-0.39, 0.29) is 5.82 Å². The number of nitrogens with two attached hydrogens (primary N) is 1. The van der Waals surface area contributed by atoms with Gasteiger partial charge < -0.3 is 10.6 Å². The van der Waals surface area contributed by atoms with E-state index >= 15 is 0 Å². The molecular formula is C14H21FN2. The number of rotatable bonds is 3. The average Bonchev–Trinajstić information content (AvgIpc) is 2.57. The van der Waals surface area contributed by atoms with Crippen molar-refractivity contribution in [3.05, 3.63) is 29.6 Å². The van der Waals surface area contributed by atoms with E-state index in [0.29, 0.717) is 6.54 Å². The fourth-order valence-electron chi connectivity index (χ4n) is 2.46. The van der Waals surface area contributed by atoms with Crippen LogP contribution in [0.25, 0.3) is 0 Å². The Bertz CT molecular complexity index is 357. The molecule has 3 heteroatoms. The predicted octanol–water partition coefficient (Wildman–Crippen LogP) is 2.71. The van der Waals surface area contributed by atoms with Gasteiger partial charge in [-0.25, -0.2) is 4.39 Å². The number of hydrogen-bond acceptors (Lipinski definition) is 2. The quantitative estimate of drug-likeness (QED) is 0.874. The van der Waals surface area contributed by atoms with Crippen LogP contribution < -0.4 is 10.6 Å². The highest BCUT2D eigenvalue weighted by molar-refractivity contribution is 5.49. The van der Waals surface area contributed by atoms with E-state index in [1.165, 1.54) is 25.7 Å². The fraction of sp³-hybridized carbons (Fsp3) is 0.571. The largest absolute Gasteiger partial charge is 0.371 e. The zero-order valence-corrected chi connectivity index (χ0v) is 10.3. The summed E-state index contributed by atoms with van der Waals surface area (Å²) in [5, 5.41) is 0. The lowest BCUT2D eigenvalue weighted by Gasteiger charge is -2.23. The molecule has 0 unspecified atom stereocenters. The predicted molar refractivity (Wildman–Crippen MR) is 69.8 cm³/mol. The maximum Gasteiger partial charge on any atom is 0.125 e. The van der Waals surface area contributed by atoms with Crippen molar-refractivity contribution in [2.24, 2.45) is 5.73 Å². The molecule has 2 N–H and O–H groups in total. The van der Waals surface area contributed by atoms with Gasteiger partial charge in [-0.2, -0.15) is 0 Å². The molecule has 1 aromatic rings. The summed E-state index contributed by atoms with van der Waals surface area (Å²) in [6.07, 6.45) is 5.76. The summed E-state index contributed by atoms with van der Waals surface area (Å²) in [6, 6.07) is 5.32. The maximum absolute atomic E-state index is 13.5. The third kappa shape index (κ3) is 3.43. The topological polar surface area (TPSA) is 29.3 Å². The molecular weight excluding hydrogens is 215 g/mol. The molecule has 17 heavy (non-hydrogen) atoms. The Kier molecular flexibility index (Phi) is 4.37. The third-order valence-electron chi connectivity index (χ3n) is 3.35. The van der Waals surface area contributed by atoms with Gasteiger partial charge in [0.25, 0.3) is 0 Å². The number of anilines is 1. The first kappa shape index (κ1) is 12.4. The van der Waals surface area contributed by atoms with E-state index in [2.05, 4.69) is 11.0 Å². The molecule has 1 aliphatic heterocycles. The van der Waals surface area contributed by atoms with Crippen LogP contribution in [0.5, 0.6) is 0 Å². The Labute approximate surface area is 103 Å². The van der Waals surface area contributed by atoms with Crippen LogP contribution in [0, 0.1) is 5.82 Å². The second kappa shape index (κ2) is 6.01. The summed E-state index contributed by atoms with van der Waals surface area (Å²) >= 11 is 0. The second-order valence-electron chi connectivity index (χ2n) is 4.76. The Balaban J connectivity index is 2.17. The summed E-state index contributed by atoms with van der Waals surface area (Å²) in [5.74, 6) is -0.143. The summed E-state index contributed by atoms with van der Waals surface area (Å²) in [7, 11) is 0. The first-order valence-corrected chi connectivity index (χ1v) is 6.54. The zero-order valence-electron chi connectivity index (χ0n) is 10.3. The van der Waals surface area contributed by atoms with Gasteiger partial charge in [0, 0.05) is 18.8 Å². The van der Waals surface area contributed by atoms with Crippen LogP contribution in [0.15, 0.2) is 18.2 Å². The molecule has 1 aromatic carbocycles. The van der Waals surface area contributed by atoms with Crippen molar-refractivity contribution < 1.29 is 4.39 Å². The first-order chi connectivity index (χ1) is 8.29. The minimum Gasteiger partial charge on any atom is -0.371 e. The highest BCUT2D eigenvalue weighted by atomic mass is 19.1. The van der Waals surface area contributed by atoms with Crippen LogP contribution in [0.1, 0.15) is 31.2 Å². The van der Waals surface area contributed by atoms with E-state index in [1.807, 2.05) is 0 Å². The van der Waals surface area contributed by atoms with Gasteiger partial charge in [-0.15, -0.1) is 0 Å². The van der Waals surface area contributed by atoms with Crippen molar-refractivity contribution in [1.29, 1.82) is 0 Å². The monoisotopic (exact) mass is 236 g/mol. The van der Waals surface area contributed by atoms with Gasteiger partial charge in [-0.1, -0.05) is 12.8 Å². The Morgan fingerprint density at radius 1 is 1.06 bits per heavy atom. The van der Waals surface area contributed by atoms with Crippen LogP contribution in [-0.4, -0.2) is 19.6 Å². The highest BCUT2D eigenvalue weighted by Gasteiger charge is 2.11. The lowest BCUT2D eigenvalue weighted by atomic mass is 10.1. The molecule has 1 heterocycles. The van der Waals surface area contributed by atoms with Crippen molar-refractivity contribution in [2.45, 2.75) is 32.1 Å². The van der Waals surface area contributed by atoms with Gasteiger partial charge in [0.2, 0.25) is 0 Å². The molecule has 0 radical (unpaired) electrons. The molecule has 0 atom stereocenters. The minimum atomic E-state index is -0.143. The normalized spacial score (nSPS) is 16.9. The number of halogens is 1. The fourth-order valence-corrected chi connectivity index (χ4v) is 2.46. The van der Waals surface area contributed by atoms with Gasteiger partial charge >= 0.3 is 0 Å². The van der Waals surface area contributed by atoms with E-state index in [1.54, 1.807) is 12.1 Å². The van der Waals surface area contributed by atoms with Crippen molar-refractivity contribution in [3.63, 3.8) is 0 Å². The lowest BCUT2D eigenvalue weighted by Crippen LogP contribution is -2.24. The summed E-state index contributed by atoms with van der Waals surface area (Å²) < 4.78 is 13.5. The Morgan fingerprint density at radius 2 is 1.76 bits per heavy atom. The van der Waals surface area contributed by atoms with Gasteiger partial charge in [-0.05, 0) is 49.6 Å². The molecule has 0 aromatic heterocycles. The van der Waals surface area contributed by atoms with E-state index in [4.69, 9.17) is 5.73 Å². The maximum atomic E-state index is 13.5. The smallest absolute Gasteiger partial charge is 0.125 e. The molecule has 0 saturated carbocycles. The molecule has 1 saturated heterocycles. The molecule has 0 spiro atoms. The molecule has 2 nitrogen and oxygen atoms in total. The van der Waals surface area contributed by atoms with Crippen LogP contribution in [-0.2, 0) is 6.42 Å². The van der Waals surface area contributed by atoms with Crippen molar-refractivity contribution >= 4 is 5.69 Å². The molecule has 0 aliphatic carbocycles. The van der Waals surface area contributed by atoms with Gasteiger partial charge in [0.1, 0.15) is 5.82 Å². The van der Waals surface area contributed by atoms with Crippen molar-refractivity contribution in [3.8, 4) is 0 Å². The van der Waals surface area contributed by atoms with E-state index in [0.717, 1.165) is 30.8 Å². The molecule has 94 valence electrons. The Hall–Kier alpha value is -1.09. The number of nitrogens with zero attached hydrogens (tertiary/aromatic N) is 1. The first-order valence-electron chi connectivity index (χ1n) is 6.54. The molecule has 1 fully saturated rings. The standard InChI is InChI=1S/C14H21FN2/c15-13-9-12(5-6-16)10-14(11-13)17-7-3-1-2-4-8-17/h9-11H,1-8,16H2. The zero-order chi connectivity index (χ0) is 12.1. The molecule has 2 rings (SSSR count). The van der Waals surface area contributed by atoms with Gasteiger partial charge in [0.05, 0.1) is 0 Å². The van der Waals surface area contributed by atoms with Crippen molar-refractivity contribution in [2.75, 3.05) is 24.5 Å². The number of benzene rings is 1. The minimum absolute atomic E-state index is 0.143. The van der Waals surface area contributed by atoms with Crippen molar-refractivity contribution in [1.82, 2.24) is 0 Å². The van der Waals surface area contributed by atoms with Gasteiger partial charge in [0.15, 0.2) is 0 Å². The summed E-state index contributed by atoms with van der Waals surface area (Å²) in [4.78, 5) is 2.30. The van der Waals surface area contributed by atoms with Crippen LogP contribution in [0.2, 0.25) is 0 Å². The van der Waals surface area contributed by atoms with Crippen LogP contribution >= 0.6 is 0 Å². The summed E-state index contributed by atoms with van der Waals surface area (Å²) in [5.41, 5.74) is 7.56. The number of hydrogen-bond donors (Lipinski definition) is 1. The van der Waals surface area contributed by atoms with E-state index < -0.39 is 0 Å². The average molecular weight is 236 g/mol.